The van der Waals surface area contributed by atoms with Crippen molar-refractivity contribution in [2.75, 3.05) is 13.2 Å². The van der Waals surface area contributed by atoms with Crippen molar-refractivity contribution in [1.82, 2.24) is 16.0 Å². The highest BCUT2D eigenvalue weighted by Gasteiger charge is 2.30. The molecule has 0 aromatic carbocycles. The summed E-state index contributed by atoms with van der Waals surface area (Å²) < 4.78 is 5.47. The minimum atomic E-state index is -0.734. The van der Waals surface area contributed by atoms with E-state index >= 15 is 0 Å². The van der Waals surface area contributed by atoms with Crippen LogP contribution in [0.3, 0.4) is 0 Å². The Labute approximate surface area is 167 Å². The summed E-state index contributed by atoms with van der Waals surface area (Å²) in [5, 5.41) is 17.9. The number of carbonyl (C=O) groups excluding carboxylic acids is 3. The van der Waals surface area contributed by atoms with Gasteiger partial charge in [0.2, 0.25) is 11.8 Å². The number of hydrogen-bond donors (Lipinski definition) is 4. The zero-order valence-corrected chi connectivity index (χ0v) is 17.0. The fourth-order valence-corrected chi connectivity index (χ4v) is 3.91. The number of hydrogen-bond acceptors (Lipinski definition) is 5. The highest BCUT2D eigenvalue weighted by atomic mass is 16.6. The highest BCUT2D eigenvalue weighted by Crippen LogP contribution is 2.20. The Balaban J connectivity index is 1.88. The van der Waals surface area contributed by atoms with Crippen LogP contribution < -0.4 is 16.0 Å². The topological polar surface area (TPSA) is 117 Å². The zero-order chi connectivity index (χ0) is 20.5. The van der Waals surface area contributed by atoms with Crippen molar-refractivity contribution in [3.8, 4) is 0 Å². The molecule has 2 rings (SSSR count). The van der Waals surface area contributed by atoms with Gasteiger partial charge in [-0.3, -0.25) is 9.59 Å². The molecule has 1 aliphatic heterocycles. The average Bonchev–Trinajstić information content (AvgIpc) is 3.05. The third-order valence-corrected chi connectivity index (χ3v) is 5.44. The van der Waals surface area contributed by atoms with Crippen LogP contribution in [0.1, 0.15) is 65.2 Å². The van der Waals surface area contributed by atoms with Crippen LogP contribution in [0.2, 0.25) is 0 Å². The Morgan fingerprint density at radius 2 is 1.89 bits per heavy atom. The first-order chi connectivity index (χ1) is 13.4. The average molecular weight is 398 g/mol. The first kappa shape index (κ1) is 22.5. The first-order valence-electron chi connectivity index (χ1n) is 10.5. The number of aliphatic hydroxyl groups excluding tert-OH is 1. The Morgan fingerprint density at radius 3 is 2.46 bits per heavy atom. The Hall–Kier alpha value is -1.83. The van der Waals surface area contributed by atoms with Gasteiger partial charge in [-0.2, -0.15) is 0 Å². The van der Waals surface area contributed by atoms with Gasteiger partial charge in [0.1, 0.15) is 12.1 Å². The van der Waals surface area contributed by atoms with Crippen LogP contribution in [0.5, 0.6) is 0 Å². The maximum absolute atomic E-state index is 12.7. The molecule has 0 aromatic heterocycles. The maximum atomic E-state index is 12.7. The lowest BCUT2D eigenvalue weighted by molar-refractivity contribution is -0.126. The summed E-state index contributed by atoms with van der Waals surface area (Å²) in [6.07, 6.45) is 5.92. The number of alkyl carbamates (subject to hydrolysis) is 1. The van der Waals surface area contributed by atoms with E-state index in [1.54, 1.807) is 0 Å². The maximum Gasteiger partial charge on any atom is 0.408 e. The van der Waals surface area contributed by atoms with E-state index in [2.05, 4.69) is 16.0 Å². The van der Waals surface area contributed by atoms with Gasteiger partial charge in [0.15, 0.2) is 0 Å². The van der Waals surface area contributed by atoms with Crippen LogP contribution in [0, 0.1) is 11.8 Å². The van der Waals surface area contributed by atoms with E-state index in [1.165, 1.54) is 6.42 Å². The third kappa shape index (κ3) is 7.30. The summed E-state index contributed by atoms with van der Waals surface area (Å²) in [7, 11) is 0. The fourth-order valence-electron chi connectivity index (χ4n) is 3.91. The molecule has 0 spiro atoms. The second kappa shape index (κ2) is 11.2. The number of ether oxygens (including phenoxy) is 1. The molecule has 0 unspecified atom stereocenters. The first-order valence-corrected chi connectivity index (χ1v) is 10.5. The van der Waals surface area contributed by atoms with Gasteiger partial charge in [-0.15, -0.1) is 0 Å². The molecule has 160 valence electrons. The number of rotatable bonds is 9. The second-order valence-electron chi connectivity index (χ2n) is 8.39. The standard InChI is InChI=1S/C20H35N3O5/c1-13(2)10-17(23-20(27)28-16-6-4-3-5-7-16)19(26)22-15(12-24)11-14-8-9-21-18(14)25/h13-17,24H,3-12H2,1-2H3,(H,21,25)(H,22,26)(H,23,27)/t14-,15-,17-/m0/s1. The molecule has 1 saturated carbocycles. The largest absolute Gasteiger partial charge is 0.446 e. The molecule has 3 atom stereocenters. The van der Waals surface area contributed by atoms with Gasteiger partial charge in [0.25, 0.3) is 0 Å². The molecular formula is C20H35N3O5. The Morgan fingerprint density at radius 1 is 1.18 bits per heavy atom. The predicted molar refractivity (Wildman–Crippen MR) is 104 cm³/mol. The molecule has 1 heterocycles. The molecule has 3 amide bonds. The molecule has 0 aromatic rings. The number of nitrogens with one attached hydrogen (secondary N) is 3. The van der Waals surface area contributed by atoms with Crippen molar-refractivity contribution >= 4 is 17.9 Å². The molecule has 1 saturated heterocycles. The zero-order valence-electron chi connectivity index (χ0n) is 17.0. The van der Waals surface area contributed by atoms with Gasteiger partial charge < -0.3 is 25.8 Å². The normalized spacial score (nSPS) is 22.4. The lowest BCUT2D eigenvalue weighted by Gasteiger charge is -2.26. The van der Waals surface area contributed by atoms with Crippen LogP contribution in [0.4, 0.5) is 4.79 Å². The van der Waals surface area contributed by atoms with Gasteiger partial charge in [0.05, 0.1) is 12.6 Å². The fraction of sp³-hybridized carbons (Fsp3) is 0.850. The van der Waals surface area contributed by atoms with Crippen LogP contribution in [-0.2, 0) is 14.3 Å². The monoisotopic (exact) mass is 397 g/mol. The molecule has 8 nitrogen and oxygen atoms in total. The van der Waals surface area contributed by atoms with E-state index in [9.17, 15) is 19.5 Å². The van der Waals surface area contributed by atoms with E-state index in [1.807, 2.05) is 13.8 Å². The predicted octanol–water partition coefficient (Wildman–Crippen LogP) is 1.46. The molecule has 4 N–H and O–H groups in total. The quantitative estimate of drug-likeness (QED) is 0.470. The van der Waals surface area contributed by atoms with E-state index in [-0.39, 0.29) is 36.4 Å². The molecule has 0 bridgehead atoms. The van der Waals surface area contributed by atoms with Crippen molar-refractivity contribution in [3.63, 3.8) is 0 Å². The highest BCUT2D eigenvalue weighted by molar-refractivity contribution is 5.86. The second-order valence-corrected chi connectivity index (χ2v) is 8.39. The van der Waals surface area contributed by atoms with E-state index in [4.69, 9.17) is 4.74 Å². The minimum absolute atomic E-state index is 0.0411. The van der Waals surface area contributed by atoms with Gasteiger partial charge >= 0.3 is 6.09 Å². The van der Waals surface area contributed by atoms with Crippen LogP contribution >= 0.6 is 0 Å². The molecule has 8 heteroatoms. The lowest BCUT2D eigenvalue weighted by atomic mass is 9.97. The lowest BCUT2D eigenvalue weighted by Crippen LogP contribution is -2.52. The summed E-state index contributed by atoms with van der Waals surface area (Å²) in [5.41, 5.74) is 0. The molecule has 2 aliphatic rings. The van der Waals surface area contributed by atoms with Crippen molar-refractivity contribution in [1.29, 1.82) is 0 Å². The van der Waals surface area contributed by atoms with E-state index in [0.29, 0.717) is 25.8 Å². The Kier molecular flexibility index (Phi) is 9.02. The molecule has 28 heavy (non-hydrogen) atoms. The smallest absolute Gasteiger partial charge is 0.408 e. The summed E-state index contributed by atoms with van der Waals surface area (Å²) in [6, 6.07) is -1.25. The minimum Gasteiger partial charge on any atom is -0.446 e. The summed E-state index contributed by atoms with van der Waals surface area (Å²) in [4.78, 5) is 36.8. The van der Waals surface area contributed by atoms with Gasteiger partial charge in [-0.05, 0) is 50.9 Å². The molecule has 2 fully saturated rings. The summed E-state index contributed by atoms with van der Waals surface area (Å²) >= 11 is 0. The van der Waals surface area contributed by atoms with E-state index in [0.717, 1.165) is 25.7 Å². The van der Waals surface area contributed by atoms with Crippen molar-refractivity contribution in [2.24, 2.45) is 11.8 Å². The molecule has 0 radical (unpaired) electrons. The summed E-state index contributed by atoms with van der Waals surface area (Å²) in [6.45, 7) is 4.32. The molecular weight excluding hydrogens is 362 g/mol. The summed E-state index contributed by atoms with van der Waals surface area (Å²) in [5.74, 6) is -0.406. The van der Waals surface area contributed by atoms with Gasteiger partial charge in [0, 0.05) is 12.5 Å². The SMILES string of the molecule is CC(C)C[C@H](NC(=O)OC1CCCCC1)C(=O)N[C@H](CO)C[C@@H]1CCNC1=O. The number of amides is 3. The van der Waals surface area contributed by atoms with Gasteiger partial charge in [-0.25, -0.2) is 4.79 Å². The number of aliphatic hydroxyl groups is 1. The Bertz CT molecular complexity index is 534. The van der Waals surface area contributed by atoms with Crippen LogP contribution in [0.15, 0.2) is 0 Å². The molecule has 1 aliphatic carbocycles. The van der Waals surface area contributed by atoms with Crippen molar-refractivity contribution in [3.05, 3.63) is 0 Å². The van der Waals surface area contributed by atoms with E-state index < -0.39 is 18.2 Å². The van der Waals surface area contributed by atoms with Crippen LogP contribution in [0.25, 0.3) is 0 Å². The van der Waals surface area contributed by atoms with Crippen LogP contribution in [-0.4, -0.2) is 54.4 Å². The van der Waals surface area contributed by atoms with Crippen molar-refractivity contribution in [2.45, 2.75) is 83.4 Å². The van der Waals surface area contributed by atoms with Gasteiger partial charge in [-0.1, -0.05) is 20.3 Å². The van der Waals surface area contributed by atoms with Crippen molar-refractivity contribution < 1.29 is 24.2 Å². The third-order valence-electron chi connectivity index (χ3n) is 5.44. The number of carbonyl (C=O) groups is 3.